The number of rotatable bonds is 5. The van der Waals surface area contributed by atoms with E-state index in [0.717, 1.165) is 5.56 Å². The molecule has 1 N–H and O–H groups in total. The van der Waals surface area contributed by atoms with Crippen LogP contribution in [0.5, 0.6) is 5.75 Å². The van der Waals surface area contributed by atoms with Crippen molar-refractivity contribution in [2.75, 3.05) is 13.1 Å². The lowest BCUT2D eigenvalue weighted by Crippen LogP contribution is -2.34. The summed E-state index contributed by atoms with van der Waals surface area (Å²) in [7, 11) is 0. The van der Waals surface area contributed by atoms with Crippen molar-refractivity contribution < 1.29 is 19.4 Å². The number of ether oxygens (including phenoxy) is 1. The molecule has 1 fully saturated rings. The number of nitrogens with zero attached hydrogens (tertiary/aromatic N) is 2. The van der Waals surface area contributed by atoms with Gasteiger partial charge in [-0.3, -0.25) is 14.6 Å². The number of carbonyl (C=O) groups is 2. The molecule has 1 aliphatic rings. The van der Waals surface area contributed by atoms with Gasteiger partial charge in [-0.25, -0.2) is 0 Å². The molecule has 1 aromatic heterocycles. The van der Waals surface area contributed by atoms with Crippen LogP contribution in [0.1, 0.15) is 29.3 Å². The predicted octanol–water partition coefficient (Wildman–Crippen LogP) is 2.60. The molecule has 3 rings (SSSR count). The fourth-order valence-electron chi connectivity index (χ4n) is 2.86. The molecule has 130 valence electrons. The van der Waals surface area contributed by atoms with Crippen LogP contribution < -0.4 is 4.74 Å². The second kappa shape index (κ2) is 6.93. The lowest BCUT2D eigenvalue weighted by molar-refractivity contribution is -0.147. The van der Waals surface area contributed by atoms with Crippen molar-refractivity contribution in [2.24, 2.45) is 5.41 Å². The third kappa shape index (κ3) is 3.79. The average molecular weight is 340 g/mol. The molecule has 0 bridgehead atoms. The molecule has 1 atom stereocenters. The standard InChI is InChI=1S/C19H20N2O4/c1-19(18(23)24)7-9-21(13-19)17(22)15-5-2-6-16(10-15)25-12-14-4-3-8-20-11-14/h2-6,8,10-11H,7,9,12-13H2,1H3,(H,23,24)/t19-/m0/s1. The zero-order chi connectivity index (χ0) is 17.9. The Morgan fingerprint density at radius 2 is 2.16 bits per heavy atom. The molecular weight excluding hydrogens is 320 g/mol. The Kier molecular flexibility index (Phi) is 4.70. The maximum atomic E-state index is 12.7. The van der Waals surface area contributed by atoms with Gasteiger partial charge >= 0.3 is 5.97 Å². The Hall–Kier alpha value is -2.89. The third-order valence-corrected chi connectivity index (χ3v) is 4.49. The van der Waals surface area contributed by atoms with Gasteiger partial charge in [-0.05, 0) is 37.6 Å². The van der Waals surface area contributed by atoms with E-state index in [2.05, 4.69) is 4.98 Å². The molecule has 6 nitrogen and oxygen atoms in total. The van der Waals surface area contributed by atoms with E-state index in [4.69, 9.17) is 4.74 Å². The molecule has 0 spiro atoms. The molecule has 1 aliphatic heterocycles. The molecule has 0 aliphatic carbocycles. The summed E-state index contributed by atoms with van der Waals surface area (Å²) in [5.74, 6) is -0.442. The zero-order valence-electron chi connectivity index (χ0n) is 14.0. The number of benzene rings is 1. The van der Waals surface area contributed by atoms with Crippen molar-refractivity contribution >= 4 is 11.9 Å². The number of hydrogen-bond donors (Lipinski definition) is 1. The highest BCUT2D eigenvalue weighted by Crippen LogP contribution is 2.31. The van der Waals surface area contributed by atoms with Crippen LogP contribution in [0.2, 0.25) is 0 Å². The number of aromatic nitrogens is 1. The van der Waals surface area contributed by atoms with Gasteiger partial charge in [0.15, 0.2) is 0 Å². The summed E-state index contributed by atoms with van der Waals surface area (Å²) in [5, 5.41) is 9.30. The van der Waals surface area contributed by atoms with Gasteiger partial charge in [-0.1, -0.05) is 12.1 Å². The number of hydrogen-bond acceptors (Lipinski definition) is 4. The van der Waals surface area contributed by atoms with Gasteiger partial charge in [0, 0.05) is 36.6 Å². The van der Waals surface area contributed by atoms with Crippen molar-refractivity contribution in [1.82, 2.24) is 9.88 Å². The summed E-state index contributed by atoms with van der Waals surface area (Å²) < 4.78 is 5.72. The molecule has 6 heteroatoms. The predicted molar refractivity (Wildman–Crippen MR) is 91.3 cm³/mol. The lowest BCUT2D eigenvalue weighted by atomic mass is 9.90. The molecule has 0 radical (unpaired) electrons. The van der Waals surface area contributed by atoms with Crippen molar-refractivity contribution in [3.63, 3.8) is 0 Å². The number of carboxylic acid groups (broad SMARTS) is 1. The number of amides is 1. The quantitative estimate of drug-likeness (QED) is 0.905. The van der Waals surface area contributed by atoms with Gasteiger partial charge in [0.05, 0.1) is 5.41 Å². The van der Waals surface area contributed by atoms with Gasteiger partial charge in [0.25, 0.3) is 5.91 Å². The van der Waals surface area contributed by atoms with Gasteiger partial charge in [0.1, 0.15) is 12.4 Å². The Bertz CT molecular complexity index is 778. The largest absolute Gasteiger partial charge is 0.489 e. The molecule has 1 saturated heterocycles. The summed E-state index contributed by atoms with van der Waals surface area (Å²) in [6, 6.07) is 10.7. The monoisotopic (exact) mass is 340 g/mol. The van der Waals surface area contributed by atoms with Gasteiger partial charge in [-0.15, -0.1) is 0 Å². The number of aliphatic carboxylic acids is 1. The van der Waals surface area contributed by atoms with E-state index in [1.54, 1.807) is 48.5 Å². The molecule has 2 heterocycles. The highest BCUT2D eigenvalue weighted by molar-refractivity contribution is 5.95. The topological polar surface area (TPSA) is 79.7 Å². The van der Waals surface area contributed by atoms with Crippen LogP contribution >= 0.6 is 0 Å². The van der Waals surface area contributed by atoms with Gasteiger partial charge < -0.3 is 14.7 Å². The normalized spacial score (nSPS) is 19.6. The van der Waals surface area contributed by atoms with Crippen LogP contribution in [0, 0.1) is 5.41 Å². The minimum atomic E-state index is -0.871. The van der Waals surface area contributed by atoms with Crippen LogP contribution in [0.15, 0.2) is 48.8 Å². The second-order valence-corrected chi connectivity index (χ2v) is 6.52. The van der Waals surface area contributed by atoms with Crippen LogP contribution in [0.4, 0.5) is 0 Å². The van der Waals surface area contributed by atoms with E-state index in [0.29, 0.717) is 30.9 Å². The van der Waals surface area contributed by atoms with Gasteiger partial charge in [-0.2, -0.15) is 0 Å². The molecular formula is C19H20N2O4. The van der Waals surface area contributed by atoms with Crippen molar-refractivity contribution in [2.45, 2.75) is 20.0 Å². The van der Waals surface area contributed by atoms with Crippen molar-refractivity contribution in [1.29, 1.82) is 0 Å². The number of likely N-dealkylation sites (tertiary alicyclic amines) is 1. The summed E-state index contributed by atoms with van der Waals surface area (Å²) >= 11 is 0. The lowest BCUT2D eigenvalue weighted by Gasteiger charge is -2.20. The first-order valence-electron chi connectivity index (χ1n) is 8.12. The summed E-state index contributed by atoms with van der Waals surface area (Å²) in [6.07, 6.45) is 3.89. The first-order valence-corrected chi connectivity index (χ1v) is 8.12. The Morgan fingerprint density at radius 1 is 1.32 bits per heavy atom. The first-order chi connectivity index (χ1) is 12.0. The summed E-state index contributed by atoms with van der Waals surface area (Å²) in [6.45, 7) is 2.71. The third-order valence-electron chi connectivity index (χ3n) is 4.49. The van der Waals surface area contributed by atoms with Gasteiger partial charge in [0.2, 0.25) is 0 Å². The van der Waals surface area contributed by atoms with E-state index < -0.39 is 11.4 Å². The maximum Gasteiger partial charge on any atom is 0.311 e. The zero-order valence-corrected chi connectivity index (χ0v) is 14.0. The van der Waals surface area contributed by atoms with E-state index in [1.165, 1.54) is 0 Å². The second-order valence-electron chi connectivity index (χ2n) is 6.52. The van der Waals surface area contributed by atoms with E-state index >= 15 is 0 Å². The SMILES string of the molecule is C[C@]1(C(=O)O)CCN(C(=O)c2cccc(OCc3cccnc3)c2)C1. The molecule has 0 saturated carbocycles. The molecule has 1 amide bonds. The number of carbonyl (C=O) groups excluding carboxylic acids is 1. The fraction of sp³-hybridized carbons (Fsp3) is 0.316. The Labute approximate surface area is 146 Å². The van der Waals surface area contributed by atoms with Crippen LogP contribution in [0.25, 0.3) is 0 Å². The molecule has 1 aromatic carbocycles. The smallest absolute Gasteiger partial charge is 0.311 e. The van der Waals surface area contributed by atoms with E-state index in [1.807, 2.05) is 12.1 Å². The number of carboxylic acids is 1. The minimum absolute atomic E-state index is 0.170. The van der Waals surface area contributed by atoms with Crippen LogP contribution in [0.3, 0.4) is 0 Å². The average Bonchev–Trinajstić information content (AvgIpc) is 3.04. The van der Waals surface area contributed by atoms with Crippen LogP contribution in [-0.4, -0.2) is 40.0 Å². The van der Waals surface area contributed by atoms with E-state index in [9.17, 15) is 14.7 Å². The Balaban J connectivity index is 1.67. The summed E-state index contributed by atoms with van der Waals surface area (Å²) in [5.41, 5.74) is 0.568. The van der Waals surface area contributed by atoms with Crippen molar-refractivity contribution in [3.8, 4) is 5.75 Å². The molecule has 25 heavy (non-hydrogen) atoms. The highest BCUT2D eigenvalue weighted by Gasteiger charge is 2.42. The van der Waals surface area contributed by atoms with Crippen LogP contribution in [-0.2, 0) is 11.4 Å². The highest BCUT2D eigenvalue weighted by atomic mass is 16.5. The van der Waals surface area contributed by atoms with E-state index in [-0.39, 0.29) is 12.5 Å². The maximum absolute atomic E-state index is 12.7. The molecule has 2 aromatic rings. The number of pyridine rings is 1. The molecule has 0 unspecified atom stereocenters. The minimum Gasteiger partial charge on any atom is -0.489 e. The fourth-order valence-corrected chi connectivity index (χ4v) is 2.86. The first kappa shape index (κ1) is 17.0. The van der Waals surface area contributed by atoms with Crippen molar-refractivity contribution in [3.05, 3.63) is 59.9 Å². The summed E-state index contributed by atoms with van der Waals surface area (Å²) in [4.78, 5) is 29.6. The Morgan fingerprint density at radius 3 is 2.84 bits per heavy atom.